The summed E-state index contributed by atoms with van der Waals surface area (Å²) in [5, 5.41) is 4.14. The van der Waals surface area contributed by atoms with Gasteiger partial charge in [0.15, 0.2) is 15.7 Å². The second kappa shape index (κ2) is 5.31. The fraction of sp³-hybridized carbons (Fsp3) is 0.579. The highest BCUT2D eigenvalue weighted by Gasteiger charge is 2.61. The van der Waals surface area contributed by atoms with Crippen molar-refractivity contribution in [1.82, 2.24) is 10.1 Å². The Balaban J connectivity index is 1.50. The maximum Gasteiger partial charge on any atom is 0.230 e. The minimum atomic E-state index is -3.30. The zero-order chi connectivity index (χ0) is 18.0. The van der Waals surface area contributed by atoms with E-state index in [4.69, 9.17) is 9.26 Å². The fourth-order valence-corrected chi connectivity index (χ4v) is 6.40. The van der Waals surface area contributed by atoms with Crippen LogP contribution in [0.5, 0.6) is 5.75 Å². The van der Waals surface area contributed by atoms with Crippen molar-refractivity contribution in [3.63, 3.8) is 0 Å². The highest BCUT2D eigenvalue weighted by Crippen LogP contribution is 2.65. The number of hydrogen-bond donors (Lipinski definition) is 0. The lowest BCUT2D eigenvalue weighted by Crippen LogP contribution is -2.33. The lowest BCUT2D eigenvalue weighted by atomic mass is 9.87. The summed E-state index contributed by atoms with van der Waals surface area (Å²) >= 11 is 0. The van der Waals surface area contributed by atoms with Gasteiger partial charge in [0, 0.05) is 23.2 Å². The van der Waals surface area contributed by atoms with Gasteiger partial charge in [0.05, 0.1) is 6.61 Å². The van der Waals surface area contributed by atoms with Crippen LogP contribution in [0.25, 0.3) is 0 Å². The lowest BCUT2D eigenvalue weighted by Gasteiger charge is -2.26. The van der Waals surface area contributed by atoms with Gasteiger partial charge in [-0.1, -0.05) is 36.2 Å². The third-order valence-corrected chi connectivity index (χ3v) is 8.58. The van der Waals surface area contributed by atoms with E-state index in [1.54, 1.807) is 0 Å². The Morgan fingerprint density at radius 1 is 1.15 bits per heavy atom. The third kappa shape index (κ3) is 2.12. The number of nitrogens with zero attached hydrogens (tertiary/aromatic N) is 2. The topological polar surface area (TPSA) is 82.3 Å². The van der Waals surface area contributed by atoms with E-state index in [-0.39, 0.29) is 11.3 Å². The summed E-state index contributed by atoms with van der Waals surface area (Å²) < 4.78 is 35.4. The first-order chi connectivity index (χ1) is 12.5. The standard InChI is InChI=1S/C19H22N2O4S/c1-26(22,23)19(8-4-5-9-19)17-20-16(25-21-17)14-12-18(14)10-11-24-15-7-3-2-6-13(15)18/h2-3,6-7,14H,4-5,8-12H2,1H3/t14-,18-/m0/s1. The minimum Gasteiger partial charge on any atom is -0.493 e. The first-order valence-corrected chi connectivity index (χ1v) is 11.1. The number of para-hydroxylation sites is 1. The molecule has 2 aliphatic carbocycles. The Bertz CT molecular complexity index is 961. The molecule has 7 heteroatoms. The van der Waals surface area contributed by atoms with E-state index in [9.17, 15) is 8.42 Å². The van der Waals surface area contributed by atoms with E-state index < -0.39 is 14.6 Å². The van der Waals surface area contributed by atoms with Crippen LogP contribution in [-0.4, -0.2) is 31.4 Å². The van der Waals surface area contributed by atoms with Gasteiger partial charge in [-0.3, -0.25) is 0 Å². The van der Waals surface area contributed by atoms with E-state index in [0.29, 0.717) is 31.2 Å². The molecule has 2 atom stereocenters. The van der Waals surface area contributed by atoms with Crippen molar-refractivity contribution in [2.24, 2.45) is 0 Å². The molecular weight excluding hydrogens is 352 g/mol. The van der Waals surface area contributed by atoms with Crippen molar-refractivity contribution in [3.05, 3.63) is 41.5 Å². The molecule has 1 aliphatic heterocycles. The first kappa shape index (κ1) is 16.3. The van der Waals surface area contributed by atoms with E-state index in [2.05, 4.69) is 16.2 Å². The van der Waals surface area contributed by atoms with Crippen LogP contribution in [0.1, 0.15) is 61.7 Å². The number of fused-ring (bicyclic) bond motifs is 2. The van der Waals surface area contributed by atoms with Crippen LogP contribution in [0.3, 0.4) is 0 Å². The molecule has 0 saturated heterocycles. The highest BCUT2D eigenvalue weighted by molar-refractivity contribution is 7.91. The van der Waals surface area contributed by atoms with Gasteiger partial charge in [-0.15, -0.1) is 0 Å². The van der Waals surface area contributed by atoms with Crippen molar-refractivity contribution >= 4 is 9.84 Å². The van der Waals surface area contributed by atoms with Gasteiger partial charge in [0.2, 0.25) is 5.89 Å². The summed E-state index contributed by atoms with van der Waals surface area (Å²) in [6, 6.07) is 8.12. The number of rotatable bonds is 3. The van der Waals surface area contributed by atoms with Gasteiger partial charge < -0.3 is 9.26 Å². The molecule has 1 aromatic heterocycles. The first-order valence-electron chi connectivity index (χ1n) is 9.22. The molecule has 26 heavy (non-hydrogen) atoms. The minimum absolute atomic E-state index is 0.00737. The molecule has 0 bridgehead atoms. The number of benzene rings is 1. The van der Waals surface area contributed by atoms with E-state index >= 15 is 0 Å². The Morgan fingerprint density at radius 2 is 1.92 bits per heavy atom. The number of sulfone groups is 1. The molecule has 0 N–H and O–H groups in total. The summed E-state index contributed by atoms with van der Waals surface area (Å²) in [5.74, 6) is 2.01. The van der Waals surface area contributed by atoms with Gasteiger partial charge in [-0.25, -0.2) is 8.42 Å². The molecule has 6 nitrogen and oxygen atoms in total. The van der Waals surface area contributed by atoms with E-state index in [0.717, 1.165) is 31.4 Å². The smallest absolute Gasteiger partial charge is 0.230 e. The Labute approximate surface area is 152 Å². The molecule has 2 fully saturated rings. The van der Waals surface area contributed by atoms with Crippen LogP contribution < -0.4 is 4.74 Å². The van der Waals surface area contributed by atoms with Gasteiger partial charge in [0.1, 0.15) is 10.5 Å². The van der Waals surface area contributed by atoms with Crippen molar-refractivity contribution in [3.8, 4) is 5.75 Å². The summed E-state index contributed by atoms with van der Waals surface area (Å²) in [6.45, 7) is 0.682. The highest BCUT2D eigenvalue weighted by atomic mass is 32.2. The quantitative estimate of drug-likeness (QED) is 0.821. The molecule has 0 unspecified atom stereocenters. The van der Waals surface area contributed by atoms with Crippen LogP contribution >= 0.6 is 0 Å². The Hall–Kier alpha value is -1.89. The summed E-state index contributed by atoms with van der Waals surface area (Å²) in [6.07, 6.45) is 6.09. The maximum atomic E-state index is 12.5. The number of hydrogen-bond acceptors (Lipinski definition) is 6. The average molecular weight is 374 g/mol. The lowest BCUT2D eigenvalue weighted by molar-refractivity contribution is 0.254. The van der Waals surface area contributed by atoms with E-state index in [1.807, 2.05) is 18.2 Å². The van der Waals surface area contributed by atoms with Crippen molar-refractivity contribution in [2.75, 3.05) is 12.9 Å². The molecular formula is C19H22N2O4S. The van der Waals surface area contributed by atoms with Crippen molar-refractivity contribution in [1.29, 1.82) is 0 Å². The summed E-state index contributed by atoms with van der Waals surface area (Å²) in [5.41, 5.74) is 1.20. The second-order valence-electron chi connectivity index (χ2n) is 7.94. The normalized spacial score (nSPS) is 29.3. The van der Waals surface area contributed by atoms with Crippen LogP contribution in [0.4, 0.5) is 0 Å². The largest absolute Gasteiger partial charge is 0.493 e. The number of ether oxygens (including phenoxy) is 1. The van der Waals surface area contributed by atoms with Crippen LogP contribution in [0.15, 0.2) is 28.8 Å². The third-order valence-electron chi connectivity index (χ3n) is 6.57. The Morgan fingerprint density at radius 3 is 2.69 bits per heavy atom. The van der Waals surface area contributed by atoms with Crippen molar-refractivity contribution < 1.29 is 17.7 Å². The molecule has 5 rings (SSSR count). The van der Waals surface area contributed by atoms with Crippen LogP contribution in [0, 0.1) is 0 Å². The molecule has 2 aromatic rings. The number of aromatic nitrogens is 2. The molecule has 2 saturated carbocycles. The average Bonchev–Trinajstić information content (AvgIpc) is 3.03. The Kier molecular flexibility index (Phi) is 3.33. The van der Waals surface area contributed by atoms with Gasteiger partial charge in [0.25, 0.3) is 0 Å². The predicted octanol–water partition coefficient (Wildman–Crippen LogP) is 3.09. The molecule has 0 amide bonds. The molecule has 138 valence electrons. The summed E-state index contributed by atoms with van der Waals surface area (Å²) in [4.78, 5) is 4.62. The predicted molar refractivity (Wildman–Crippen MR) is 94.9 cm³/mol. The van der Waals surface area contributed by atoms with Crippen molar-refractivity contribution in [2.45, 2.75) is 54.6 Å². The maximum absolute atomic E-state index is 12.5. The molecule has 1 spiro atoms. The SMILES string of the molecule is CS(=O)(=O)C1(c2noc([C@@H]3C[C@]34CCOc3ccccc34)n2)CCCC1. The van der Waals surface area contributed by atoms with Crippen LogP contribution in [0.2, 0.25) is 0 Å². The molecule has 2 heterocycles. The van der Waals surface area contributed by atoms with E-state index in [1.165, 1.54) is 11.8 Å². The zero-order valence-electron chi connectivity index (χ0n) is 14.8. The second-order valence-corrected chi connectivity index (χ2v) is 10.3. The molecule has 3 aliphatic rings. The fourth-order valence-electron chi connectivity index (χ4n) is 4.95. The van der Waals surface area contributed by atoms with Gasteiger partial charge in [-0.05, 0) is 31.7 Å². The summed E-state index contributed by atoms with van der Waals surface area (Å²) in [7, 11) is -3.30. The zero-order valence-corrected chi connectivity index (χ0v) is 15.6. The molecule has 1 aromatic carbocycles. The molecule has 0 radical (unpaired) electrons. The monoisotopic (exact) mass is 374 g/mol. The van der Waals surface area contributed by atoms with Crippen LogP contribution in [-0.2, 0) is 20.0 Å². The van der Waals surface area contributed by atoms with Gasteiger partial charge in [-0.2, -0.15) is 4.98 Å². The van der Waals surface area contributed by atoms with Gasteiger partial charge >= 0.3 is 0 Å².